The Kier molecular flexibility index (Phi) is 7.85. The molecule has 0 bridgehead atoms. The van der Waals surface area contributed by atoms with Gasteiger partial charge < -0.3 is 14.6 Å². The molecule has 3 aromatic rings. The van der Waals surface area contributed by atoms with Crippen molar-refractivity contribution in [1.82, 2.24) is 24.8 Å². The van der Waals surface area contributed by atoms with Crippen LogP contribution in [0.1, 0.15) is 30.1 Å². The molecule has 1 aromatic carbocycles. The molecule has 0 spiro atoms. The maximum absolute atomic E-state index is 13.9. The largest absolute Gasteiger partial charge is 0.384 e. The molecule has 0 aliphatic carbocycles. The fraction of sp³-hybridized carbons (Fsp3) is 0.333. The van der Waals surface area contributed by atoms with Gasteiger partial charge in [0, 0.05) is 49.7 Å². The van der Waals surface area contributed by atoms with Crippen molar-refractivity contribution >= 4 is 23.7 Å². The van der Waals surface area contributed by atoms with E-state index in [9.17, 15) is 9.18 Å². The van der Waals surface area contributed by atoms with Crippen LogP contribution in [0.4, 0.5) is 4.39 Å². The maximum Gasteiger partial charge on any atom is 0.246 e. The molecule has 2 aromatic heterocycles. The number of piperidine rings is 1. The lowest BCUT2D eigenvalue weighted by molar-refractivity contribution is -0.126. The Bertz CT molecular complexity index is 1100. The van der Waals surface area contributed by atoms with Crippen LogP contribution < -0.4 is 0 Å². The highest BCUT2D eigenvalue weighted by atomic mass is 32.2. The van der Waals surface area contributed by atoms with E-state index in [1.807, 2.05) is 11.0 Å². The van der Waals surface area contributed by atoms with Gasteiger partial charge in [-0.25, -0.2) is 19.3 Å². The van der Waals surface area contributed by atoms with Crippen LogP contribution >= 0.6 is 11.8 Å². The van der Waals surface area contributed by atoms with Gasteiger partial charge in [0.05, 0.1) is 30.5 Å². The highest BCUT2D eigenvalue weighted by molar-refractivity contribution is 7.99. The van der Waals surface area contributed by atoms with Gasteiger partial charge >= 0.3 is 0 Å². The lowest BCUT2D eigenvalue weighted by Gasteiger charge is -2.32. The molecule has 1 saturated heterocycles. The number of methoxy groups -OCH3 is 1. The van der Waals surface area contributed by atoms with E-state index >= 15 is 0 Å². The normalized spacial score (nSPS) is 14.8. The van der Waals surface area contributed by atoms with Gasteiger partial charge in [-0.15, -0.1) is 0 Å². The van der Waals surface area contributed by atoms with E-state index in [-0.39, 0.29) is 17.6 Å². The second kappa shape index (κ2) is 11.2. The second-order valence-corrected chi connectivity index (χ2v) is 8.81. The van der Waals surface area contributed by atoms with Crippen molar-refractivity contribution < 1.29 is 13.9 Å². The smallest absolute Gasteiger partial charge is 0.246 e. The number of ether oxygens (including phenoxy) is 1. The van der Waals surface area contributed by atoms with Gasteiger partial charge in [-0.1, -0.05) is 23.9 Å². The topological polar surface area (TPSA) is 84.0 Å². The van der Waals surface area contributed by atoms with Crippen molar-refractivity contribution in [3.63, 3.8) is 0 Å². The summed E-state index contributed by atoms with van der Waals surface area (Å²) < 4.78 is 19.0. The number of nitrogens with zero attached hydrogens (tertiary/aromatic N) is 4. The van der Waals surface area contributed by atoms with Crippen LogP contribution in [-0.2, 0) is 9.53 Å². The van der Waals surface area contributed by atoms with Crippen LogP contribution in [-0.4, -0.2) is 63.3 Å². The molecule has 0 radical (unpaired) electrons. The molecular formula is C24H26FN5O2S. The van der Waals surface area contributed by atoms with Crippen LogP contribution in [0.15, 0.2) is 54.2 Å². The number of hydrogen-bond donors (Lipinski definition) is 1. The van der Waals surface area contributed by atoms with Crippen molar-refractivity contribution in [2.75, 3.05) is 32.6 Å². The molecule has 0 atom stereocenters. The summed E-state index contributed by atoms with van der Waals surface area (Å²) in [5.74, 6) is 0.604. The van der Waals surface area contributed by atoms with Gasteiger partial charge in [0.2, 0.25) is 5.91 Å². The molecule has 1 fully saturated rings. The summed E-state index contributed by atoms with van der Waals surface area (Å²) in [5.41, 5.74) is 3.31. The average molecular weight is 468 g/mol. The number of rotatable bonds is 8. The maximum atomic E-state index is 13.9. The highest BCUT2D eigenvalue weighted by Gasteiger charge is 2.26. The SMILES string of the molecule is COCCSc1ncc(-c2cccc(F)c2)c(C2CCN(C(=O)/C=C/c3cnc[nH]3)CC2)n1. The summed E-state index contributed by atoms with van der Waals surface area (Å²) >= 11 is 1.54. The number of hydrogen-bond acceptors (Lipinski definition) is 6. The molecule has 1 amide bonds. The van der Waals surface area contributed by atoms with Crippen molar-refractivity contribution in [3.05, 3.63) is 66.3 Å². The van der Waals surface area contributed by atoms with E-state index < -0.39 is 0 Å². The fourth-order valence-corrected chi connectivity index (χ4v) is 4.57. The zero-order valence-electron chi connectivity index (χ0n) is 18.4. The fourth-order valence-electron chi connectivity index (χ4n) is 3.85. The van der Waals surface area contributed by atoms with Gasteiger partial charge in [-0.05, 0) is 36.6 Å². The molecule has 4 rings (SSSR count). The number of imidazole rings is 1. The Labute approximate surface area is 196 Å². The second-order valence-electron chi connectivity index (χ2n) is 7.74. The zero-order chi connectivity index (χ0) is 23.0. The van der Waals surface area contributed by atoms with E-state index in [2.05, 4.69) is 15.0 Å². The average Bonchev–Trinajstić information content (AvgIpc) is 3.36. The Hall–Kier alpha value is -3.04. The minimum Gasteiger partial charge on any atom is -0.384 e. The van der Waals surface area contributed by atoms with Crippen molar-refractivity contribution in [2.45, 2.75) is 23.9 Å². The standard InChI is InChI=1S/C24H26FN5O2S/c1-32-11-12-33-24-27-15-21(18-3-2-4-19(25)13-18)23(29-24)17-7-9-30(10-8-17)22(31)6-5-20-14-26-16-28-20/h2-6,13-17H,7-12H2,1H3,(H,26,28)/b6-5+. The first-order chi connectivity index (χ1) is 16.1. The molecular weight excluding hydrogens is 441 g/mol. The highest BCUT2D eigenvalue weighted by Crippen LogP contribution is 2.35. The lowest BCUT2D eigenvalue weighted by atomic mass is 9.89. The Morgan fingerprint density at radius 1 is 1.33 bits per heavy atom. The summed E-state index contributed by atoms with van der Waals surface area (Å²) in [6.45, 7) is 1.88. The molecule has 0 unspecified atom stereocenters. The Morgan fingerprint density at radius 3 is 2.91 bits per heavy atom. The monoisotopic (exact) mass is 467 g/mol. The molecule has 172 valence electrons. The minimum absolute atomic E-state index is 0.0214. The molecule has 7 nitrogen and oxygen atoms in total. The van der Waals surface area contributed by atoms with E-state index in [0.717, 1.165) is 41.1 Å². The Morgan fingerprint density at radius 2 is 2.18 bits per heavy atom. The number of aromatic amines is 1. The summed E-state index contributed by atoms with van der Waals surface area (Å²) in [6.07, 6.45) is 9.91. The van der Waals surface area contributed by atoms with E-state index in [4.69, 9.17) is 9.72 Å². The van der Waals surface area contributed by atoms with Gasteiger partial charge in [0.15, 0.2) is 5.16 Å². The third-order valence-electron chi connectivity index (χ3n) is 5.57. The van der Waals surface area contributed by atoms with Crippen molar-refractivity contribution in [2.24, 2.45) is 0 Å². The number of benzene rings is 1. The quantitative estimate of drug-likeness (QED) is 0.232. The number of likely N-dealkylation sites (tertiary alicyclic amines) is 1. The number of carbonyl (C=O) groups is 1. The summed E-state index contributed by atoms with van der Waals surface area (Å²) in [4.78, 5) is 30.7. The van der Waals surface area contributed by atoms with Crippen molar-refractivity contribution in [3.8, 4) is 11.1 Å². The number of amides is 1. The molecule has 1 aliphatic rings. The molecule has 0 saturated carbocycles. The molecule has 9 heteroatoms. The van der Waals surface area contributed by atoms with Crippen LogP contribution in [0, 0.1) is 5.82 Å². The summed E-state index contributed by atoms with van der Waals surface area (Å²) in [6, 6.07) is 6.52. The van der Waals surface area contributed by atoms with Gasteiger partial charge in [0.1, 0.15) is 5.82 Å². The number of H-pyrrole nitrogens is 1. The van der Waals surface area contributed by atoms with Crippen LogP contribution in [0.3, 0.4) is 0 Å². The van der Waals surface area contributed by atoms with Gasteiger partial charge in [-0.2, -0.15) is 0 Å². The molecule has 1 aliphatic heterocycles. The molecule has 1 N–H and O–H groups in total. The molecule has 33 heavy (non-hydrogen) atoms. The van der Waals surface area contributed by atoms with Gasteiger partial charge in [0.25, 0.3) is 0 Å². The summed E-state index contributed by atoms with van der Waals surface area (Å²) in [5, 5.41) is 0.684. The number of carbonyl (C=O) groups excluding carboxylic acids is 1. The van der Waals surface area contributed by atoms with Crippen molar-refractivity contribution in [1.29, 1.82) is 0 Å². The zero-order valence-corrected chi connectivity index (χ0v) is 19.2. The minimum atomic E-state index is -0.290. The van der Waals surface area contributed by atoms with Crippen LogP contribution in [0.25, 0.3) is 17.2 Å². The molecule has 3 heterocycles. The summed E-state index contributed by atoms with van der Waals surface area (Å²) in [7, 11) is 1.67. The van der Waals surface area contributed by atoms with E-state index in [1.54, 1.807) is 44.0 Å². The number of nitrogens with one attached hydrogen (secondary N) is 1. The van der Waals surface area contributed by atoms with E-state index in [0.29, 0.717) is 24.9 Å². The first-order valence-corrected chi connectivity index (χ1v) is 11.8. The number of thioether (sulfide) groups is 1. The number of aromatic nitrogens is 4. The number of halogens is 1. The predicted octanol–water partition coefficient (Wildman–Crippen LogP) is 4.16. The third kappa shape index (κ3) is 6.06. The van der Waals surface area contributed by atoms with Gasteiger partial charge in [-0.3, -0.25) is 4.79 Å². The van der Waals surface area contributed by atoms with Crippen LogP contribution in [0.2, 0.25) is 0 Å². The first kappa shape index (κ1) is 23.1. The lowest BCUT2D eigenvalue weighted by Crippen LogP contribution is -2.37. The Balaban J connectivity index is 1.50. The van der Waals surface area contributed by atoms with Crippen LogP contribution in [0.5, 0.6) is 0 Å². The van der Waals surface area contributed by atoms with E-state index in [1.165, 1.54) is 23.9 Å². The first-order valence-electron chi connectivity index (χ1n) is 10.8. The predicted molar refractivity (Wildman–Crippen MR) is 126 cm³/mol. The third-order valence-corrected chi connectivity index (χ3v) is 6.39.